The van der Waals surface area contributed by atoms with Gasteiger partial charge in [0.25, 0.3) is 11.1 Å². The van der Waals surface area contributed by atoms with Crippen molar-refractivity contribution in [3.63, 3.8) is 0 Å². The highest BCUT2D eigenvalue weighted by Crippen LogP contribution is 2.39. The minimum Gasteiger partial charge on any atom is -0.493 e. The van der Waals surface area contributed by atoms with Gasteiger partial charge < -0.3 is 9.47 Å². The molecule has 1 aliphatic heterocycles. The van der Waals surface area contributed by atoms with E-state index in [9.17, 15) is 9.59 Å². The van der Waals surface area contributed by atoms with Crippen LogP contribution in [0.1, 0.15) is 22.3 Å². The van der Waals surface area contributed by atoms with E-state index in [1.54, 1.807) is 24.3 Å². The predicted octanol–water partition coefficient (Wildman–Crippen LogP) is 7.13. The van der Waals surface area contributed by atoms with Crippen LogP contribution in [0, 0.1) is 6.92 Å². The van der Waals surface area contributed by atoms with E-state index in [1.807, 2.05) is 49.4 Å². The zero-order valence-corrected chi connectivity index (χ0v) is 20.8. The molecule has 1 saturated heterocycles. The average molecular weight is 514 g/mol. The maximum absolute atomic E-state index is 12.9. The van der Waals surface area contributed by atoms with Crippen LogP contribution in [0.25, 0.3) is 6.08 Å². The summed E-state index contributed by atoms with van der Waals surface area (Å²) in [6.45, 7) is 2.42. The number of ether oxygens (including phenoxy) is 2. The highest BCUT2D eigenvalue weighted by atomic mass is 35.5. The summed E-state index contributed by atoms with van der Waals surface area (Å²) < 4.78 is 11.4. The number of benzene rings is 3. The number of thioether (sulfide) groups is 1. The second kappa shape index (κ2) is 10.6. The standard InChI is InChI=1S/C26H21Cl2NO4S/c1-16-7-9-17(10-8-16)14-29-25(30)23(34-26(29)31)13-18-11-21(28)24(22(12-18)32-2)33-15-19-5-3-4-6-20(19)27/h3-13H,14-15H2,1-2H3/b23-13-. The first-order valence-electron chi connectivity index (χ1n) is 10.4. The second-order valence-corrected chi connectivity index (χ2v) is 9.48. The van der Waals surface area contributed by atoms with Gasteiger partial charge in [-0.1, -0.05) is 71.2 Å². The van der Waals surface area contributed by atoms with Crippen molar-refractivity contribution in [3.8, 4) is 11.5 Å². The summed E-state index contributed by atoms with van der Waals surface area (Å²) in [6.07, 6.45) is 1.63. The maximum atomic E-state index is 12.9. The Morgan fingerprint density at radius 2 is 1.74 bits per heavy atom. The molecule has 0 spiro atoms. The Morgan fingerprint density at radius 3 is 2.44 bits per heavy atom. The monoisotopic (exact) mass is 513 g/mol. The number of carbonyl (C=O) groups is 2. The number of carbonyl (C=O) groups excluding carboxylic acids is 2. The fraction of sp³-hybridized carbons (Fsp3) is 0.154. The van der Waals surface area contributed by atoms with E-state index < -0.39 is 0 Å². The lowest BCUT2D eigenvalue weighted by Crippen LogP contribution is -2.27. The number of methoxy groups -OCH3 is 1. The van der Waals surface area contributed by atoms with E-state index in [4.69, 9.17) is 32.7 Å². The van der Waals surface area contributed by atoms with Crippen LogP contribution < -0.4 is 9.47 Å². The molecule has 4 rings (SSSR count). The van der Waals surface area contributed by atoms with Crippen LogP contribution in [0.4, 0.5) is 4.79 Å². The van der Waals surface area contributed by atoms with E-state index in [0.717, 1.165) is 28.5 Å². The summed E-state index contributed by atoms with van der Waals surface area (Å²) in [5.74, 6) is 0.433. The van der Waals surface area contributed by atoms with E-state index >= 15 is 0 Å². The summed E-state index contributed by atoms with van der Waals surface area (Å²) in [4.78, 5) is 27.0. The number of imide groups is 1. The van der Waals surface area contributed by atoms with Crippen molar-refractivity contribution in [3.05, 3.63) is 97.9 Å². The molecule has 3 aromatic carbocycles. The SMILES string of the molecule is COc1cc(/C=C2\SC(=O)N(Cc3ccc(C)cc3)C2=O)cc(Cl)c1OCc1ccccc1Cl. The van der Waals surface area contributed by atoms with Gasteiger partial charge in [0.15, 0.2) is 11.5 Å². The minimum absolute atomic E-state index is 0.215. The van der Waals surface area contributed by atoms with Gasteiger partial charge in [0.05, 0.1) is 23.6 Å². The van der Waals surface area contributed by atoms with Crippen molar-refractivity contribution in [1.29, 1.82) is 0 Å². The molecular formula is C26H21Cl2NO4S. The van der Waals surface area contributed by atoms with Gasteiger partial charge in [-0.3, -0.25) is 14.5 Å². The molecule has 0 aromatic heterocycles. The molecule has 0 N–H and O–H groups in total. The smallest absolute Gasteiger partial charge is 0.293 e. The predicted molar refractivity (Wildman–Crippen MR) is 136 cm³/mol. The molecule has 1 heterocycles. The Hall–Kier alpha value is -2.93. The molecule has 3 aromatic rings. The van der Waals surface area contributed by atoms with Crippen LogP contribution >= 0.6 is 35.0 Å². The number of aryl methyl sites for hydroxylation is 1. The zero-order chi connectivity index (χ0) is 24.2. The quantitative estimate of drug-likeness (QED) is 0.314. The third-order valence-corrected chi connectivity index (χ3v) is 6.77. The molecule has 1 fully saturated rings. The van der Waals surface area contributed by atoms with Gasteiger partial charge in [0, 0.05) is 10.6 Å². The van der Waals surface area contributed by atoms with Crippen molar-refractivity contribution >= 4 is 52.2 Å². The fourth-order valence-corrected chi connectivity index (χ4v) is 4.69. The van der Waals surface area contributed by atoms with Gasteiger partial charge in [0.2, 0.25) is 0 Å². The molecule has 1 aliphatic rings. The van der Waals surface area contributed by atoms with Crippen LogP contribution in [-0.4, -0.2) is 23.2 Å². The van der Waals surface area contributed by atoms with Gasteiger partial charge in [-0.2, -0.15) is 0 Å². The molecule has 2 amide bonds. The molecule has 0 bridgehead atoms. The van der Waals surface area contributed by atoms with Crippen LogP contribution in [0.15, 0.2) is 65.6 Å². The minimum atomic E-state index is -0.343. The molecule has 34 heavy (non-hydrogen) atoms. The normalized spacial score (nSPS) is 14.7. The summed E-state index contributed by atoms with van der Waals surface area (Å²) in [5.41, 5.74) is 3.43. The highest BCUT2D eigenvalue weighted by Gasteiger charge is 2.35. The molecule has 0 atom stereocenters. The van der Waals surface area contributed by atoms with Crippen molar-refractivity contribution in [2.24, 2.45) is 0 Å². The summed E-state index contributed by atoms with van der Waals surface area (Å²) in [6, 6.07) is 18.5. The zero-order valence-electron chi connectivity index (χ0n) is 18.5. The number of hydrogen-bond donors (Lipinski definition) is 0. The fourth-order valence-electron chi connectivity index (χ4n) is 3.39. The van der Waals surface area contributed by atoms with Crippen LogP contribution in [-0.2, 0) is 17.9 Å². The lowest BCUT2D eigenvalue weighted by molar-refractivity contribution is -0.123. The van der Waals surface area contributed by atoms with E-state index in [0.29, 0.717) is 32.0 Å². The summed E-state index contributed by atoms with van der Waals surface area (Å²) in [5, 5.41) is 0.599. The molecular weight excluding hydrogens is 493 g/mol. The number of halogens is 2. The number of hydrogen-bond acceptors (Lipinski definition) is 5. The van der Waals surface area contributed by atoms with E-state index in [-0.39, 0.29) is 24.3 Å². The van der Waals surface area contributed by atoms with E-state index in [2.05, 4.69) is 0 Å². The largest absolute Gasteiger partial charge is 0.493 e. The van der Waals surface area contributed by atoms with Crippen molar-refractivity contribution in [2.45, 2.75) is 20.1 Å². The first-order chi connectivity index (χ1) is 16.4. The lowest BCUT2D eigenvalue weighted by Gasteiger charge is -2.14. The maximum Gasteiger partial charge on any atom is 0.293 e. The molecule has 8 heteroatoms. The van der Waals surface area contributed by atoms with Crippen molar-refractivity contribution in [1.82, 2.24) is 4.90 Å². The Labute approximate surface area is 212 Å². The lowest BCUT2D eigenvalue weighted by atomic mass is 10.1. The molecule has 174 valence electrons. The van der Waals surface area contributed by atoms with Gasteiger partial charge in [-0.15, -0.1) is 0 Å². The summed E-state index contributed by atoms with van der Waals surface area (Å²) >= 11 is 13.6. The number of rotatable bonds is 7. The summed E-state index contributed by atoms with van der Waals surface area (Å²) in [7, 11) is 1.51. The molecule has 0 aliphatic carbocycles. The van der Waals surface area contributed by atoms with E-state index in [1.165, 1.54) is 12.0 Å². The Bertz CT molecular complexity index is 1270. The Morgan fingerprint density at radius 1 is 1.00 bits per heavy atom. The Balaban J connectivity index is 1.53. The topological polar surface area (TPSA) is 55.8 Å². The first-order valence-corrected chi connectivity index (χ1v) is 12.0. The molecule has 0 radical (unpaired) electrons. The third kappa shape index (κ3) is 5.41. The average Bonchev–Trinajstić information content (AvgIpc) is 3.07. The van der Waals surface area contributed by atoms with Gasteiger partial charge >= 0.3 is 0 Å². The molecule has 0 saturated carbocycles. The molecule has 5 nitrogen and oxygen atoms in total. The van der Waals surface area contributed by atoms with Crippen LogP contribution in [0.3, 0.4) is 0 Å². The van der Waals surface area contributed by atoms with Gasteiger partial charge in [-0.25, -0.2) is 0 Å². The van der Waals surface area contributed by atoms with Gasteiger partial charge in [-0.05, 0) is 54.1 Å². The number of amides is 2. The van der Waals surface area contributed by atoms with Crippen molar-refractivity contribution in [2.75, 3.05) is 7.11 Å². The van der Waals surface area contributed by atoms with Crippen LogP contribution in [0.5, 0.6) is 11.5 Å². The van der Waals surface area contributed by atoms with Crippen LogP contribution in [0.2, 0.25) is 10.0 Å². The van der Waals surface area contributed by atoms with Crippen molar-refractivity contribution < 1.29 is 19.1 Å². The third-order valence-electron chi connectivity index (χ3n) is 5.21. The first kappa shape index (κ1) is 24.2. The highest BCUT2D eigenvalue weighted by molar-refractivity contribution is 8.18. The molecule has 0 unspecified atom stereocenters. The number of nitrogens with zero attached hydrogens (tertiary/aromatic N) is 1. The second-order valence-electron chi connectivity index (χ2n) is 7.67. The van der Waals surface area contributed by atoms with Gasteiger partial charge in [0.1, 0.15) is 6.61 Å². The Kier molecular flexibility index (Phi) is 7.51.